The first-order chi connectivity index (χ1) is 13.4. The fraction of sp³-hybridized carbons (Fsp3) is 0.909. The highest BCUT2D eigenvalue weighted by Gasteiger charge is 2.05. The Kier molecular flexibility index (Phi) is 26.0. The van der Waals surface area contributed by atoms with Gasteiger partial charge in [-0.25, -0.2) is 0 Å². The van der Waals surface area contributed by atoms with E-state index in [9.17, 15) is 0 Å². The zero-order valence-electron chi connectivity index (χ0n) is 18.9. The van der Waals surface area contributed by atoms with Crippen molar-refractivity contribution in [3.05, 3.63) is 0 Å². The largest absolute Gasteiger partial charge is 0.358 e. The van der Waals surface area contributed by atoms with Gasteiger partial charge in [0.1, 0.15) is 8.64 Å². The van der Waals surface area contributed by atoms with E-state index in [1.165, 1.54) is 77.0 Å². The molecule has 0 fully saturated rings. The van der Waals surface area contributed by atoms with Crippen molar-refractivity contribution in [3.63, 3.8) is 0 Å². The van der Waals surface area contributed by atoms with Gasteiger partial charge < -0.3 is 9.80 Å². The molecule has 0 amide bonds. The fourth-order valence-electron chi connectivity index (χ4n) is 2.82. The van der Waals surface area contributed by atoms with Crippen molar-refractivity contribution in [1.29, 1.82) is 0 Å². The van der Waals surface area contributed by atoms with Gasteiger partial charge in [-0.2, -0.15) is 0 Å². The van der Waals surface area contributed by atoms with Crippen LogP contribution >= 0.6 is 49.7 Å². The summed E-state index contributed by atoms with van der Waals surface area (Å²) in [7, 11) is 0. The lowest BCUT2D eigenvalue weighted by molar-refractivity contribution is 0.402. The summed E-state index contributed by atoms with van der Waals surface area (Å²) in [6.45, 7) is 13.2. The molecule has 28 heavy (non-hydrogen) atoms. The van der Waals surface area contributed by atoms with E-state index in [2.05, 4.69) is 62.8 Å². The molecule has 0 unspecified atom stereocenters. The molecule has 0 saturated carbocycles. The first-order valence-electron chi connectivity index (χ1n) is 11.4. The molecule has 168 valence electrons. The number of hydrogen-bond donors (Lipinski definition) is 2. The Labute approximate surface area is 198 Å². The molecule has 0 rings (SSSR count). The third-order valence-corrected chi connectivity index (χ3v) is 5.75. The fourth-order valence-corrected chi connectivity index (χ4v) is 3.58. The minimum Gasteiger partial charge on any atom is -0.358 e. The number of nitrogens with zero attached hydrogens (tertiary/aromatic N) is 2. The topological polar surface area (TPSA) is 6.48 Å². The van der Waals surface area contributed by atoms with Gasteiger partial charge in [0, 0.05) is 26.2 Å². The molecular weight excluding hydrogens is 421 g/mol. The molecule has 0 bridgehead atoms. The van der Waals surface area contributed by atoms with Crippen LogP contribution in [0.25, 0.3) is 0 Å². The Bertz CT molecular complexity index is 310. The second-order valence-electron chi connectivity index (χ2n) is 7.37. The Morgan fingerprint density at radius 3 is 0.857 bits per heavy atom. The molecule has 0 aromatic carbocycles. The van der Waals surface area contributed by atoms with Crippen LogP contribution < -0.4 is 0 Å². The van der Waals surface area contributed by atoms with Gasteiger partial charge in [0.15, 0.2) is 0 Å². The van der Waals surface area contributed by atoms with Gasteiger partial charge in [-0.05, 0) is 25.7 Å². The number of rotatable bonds is 16. The van der Waals surface area contributed by atoms with Crippen molar-refractivity contribution in [1.82, 2.24) is 9.80 Å². The van der Waals surface area contributed by atoms with E-state index in [0.717, 1.165) is 34.8 Å². The lowest BCUT2D eigenvalue weighted by Gasteiger charge is -2.22. The number of thiol groups is 2. The van der Waals surface area contributed by atoms with E-state index in [0.29, 0.717) is 0 Å². The summed E-state index contributed by atoms with van der Waals surface area (Å²) in [5, 5.41) is 0. The predicted octanol–water partition coefficient (Wildman–Crippen LogP) is 7.77. The molecule has 0 aromatic rings. The molecule has 0 aliphatic rings. The SMILES string of the molecule is CCCCCN(CCCCC)C(=S)S.CCCCCN(CCCCC)C(=S)S. The van der Waals surface area contributed by atoms with Gasteiger partial charge in [0.05, 0.1) is 0 Å². The van der Waals surface area contributed by atoms with Crippen LogP contribution in [-0.4, -0.2) is 44.6 Å². The van der Waals surface area contributed by atoms with Crippen LogP contribution in [0.2, 0.25) is 0 Å². The van der Waals surface area contributed by atoms with Crippen molar-refractivity contribution in [2.24, 2.45) is 0 Å². The average Bonchev–Trinajstić information content (AvgIpc) is 2.66. The Morgan fingerprint density at radius 1 is 0.500 bits per heavy atom. The summed E-state index contributed by atoms with van der Waals surface area (Å²) in [6.07, 6.45) is 15.2. The number of thiocarbonyl (C=S) groups is 2. The van der Waals surface area contributed by atoms with Crippen LogP contribution in [0.1, 0.15) is 105 Å². The zero-order valence-corrected chi connectivity index (χ0v) is 22.3. The minimum atomic E-state index is 0.761. The molecule has 0 aromatic heterocycles. The third-order valence-electron chi connectivity index (χ3n) is 4.67. The van der Waals surface area contributed by atoms with Gasteiger partial charge in [0.25, 0.3) is 0 Å². The first-order valence-corrected chi connectivity index (χ1v) is 13.1. The molecule has 0 aliphatic carbocycles. The van der Waals surface area contributed by atoms with Crippen molar-refractivity contribution in [3.8, 4) is 0 Å². The van der Waals surface area contributed by atoms with Crippen molar-refractivity contribution in [2.45, 2.75) is 105 Å². The average molecular weight is 467 g/mol. The molecule has 0 N–H and O–H groups in total. The van der Waals surface area contributed by atoms with Crippen LogP contribution in [-0.2, 0) is 0 Å². The highest BCUT2D eigenvalue weighted by molar-refractivity contribution is 8.11. The summed E-state index contributed by atoms with van der Waals surface area (Å²) in [4.78, 5) is 4.45. The normalized spacial score (nSPS) is 10.2. The third kappa shape index (κ3) is 21.2. The van der Waals surface area contributed by atoms with E-state index in [1.54, 1.807) is 0 Å². The van der Waals surface area contributed by atoms with E-state index < -0.39 is 0 Å². The Balaban J connectivity index is 0. The Hall–Kier alpha value is 0.480. The lowest BCUT2D eigenvalue weighted by atomic mass is 10.2. The molecule has 0 spiro atoms. The maximum atomic E-state index is 5.11. The predicted molar refractivity (Wildman–Crippen MR) is 144 cm³/mol. The molecule has 0 radical (unpaired) electrons. The number of unbranched alkanes of at least 4 members (excludes halogenated alkanes) is 8. The molecule has 0 saturated heterocycles. The summed E-state index contributed by atoms with van der Waals surface area (Å²) >= 11 is 18.7. The molecule has 0 aliphatic heterocycles. The van der Waals surface area contributed by atoms with Crippen LogP contribution in [0.15, 0.2) is 0 Å². The molecule has 2 nitrogen and oxygen atoms in total. The van der Waals surface area contributed by atoms with Crippen molar-refractivity contribution in [2.75, 3.05) is 26.2 Å². The molecule has 6 heteroatoms. The van der Waals surface area contributed by atoms with Gasteiger partial charge in [0.2, 0.25) is 0 Å². The molecular formula is C22H46N2S4. The maximum absolute atomic E-state index is 5.11. The summed E-state index contributed by atoms with van der Waals surface area (Å²) in [6, 6.07) is 0. The van der Waals surface area contributed by atoms with Crippen molar-refractivity contribution < 1.29 is 0 Å². The Morgan fingerprint density at radius 2 is 0.714 bits per heavy atom. The smallest absolute Gasteiger partial charge is 0.133 e. The van der Waals surface area contributed by atoms with Crippen molar-refractivity contribution >= 4 is 58.3 Å². The quantitative estimate of drug-likeness (QED) is 0.136. The monoisotopic (exact) mass is 466 g/mol. The summed E-state index contributed by atoms with van der Waals surface area (Å²) in [5.74, 6) is 0. The molecule has 0 heterocycles. The van der Waals surface area contributed by atoms with Crippen LogP contribution in [0.5, 0.6) is 0 Å². The molecule has 0 atom stereocenters. The van der Waals surface area contributed by atoms with Crippen LogP contribution in [0.3, 0.4) is 0 Å². The summed E-state index contributed by atoms with van der Waals surface area (Å²) in [5.41, 5.74) is 0. The van der Waals surface area contributed by atoms with Crippen LogP contribution in [0, 0.1) is 0 Å². The van der Waals surface area contributed by atoms with Crippen LogP contribution in [0.4, 0.5) is 0 Å². The van der Waals surface area contributed by atoms with E-state index in [1.807, 2.05) is 0 Å². The maximum Gasteiger partial charge on any atom is 0.133 e. The van der Waals surface area contributed by atoms with E-state index in [4.69, 9.17) is 24.4 Å². The van der Waals surface area contributed by atoms with E-state index >= 15 is 0 Å². The van der Waals surface area contributed by atoms with Gasteiger partial charge >= 0.3 is 0 Å². The highest BCUT2D eigenvalue weighted by Crippen LogP contribution is 2.06. The summed E-state index contributed by atoms with van der Waals surface area (Å²) < 4.78 is 1.52. The standard InChI is InChI=1S/2C11H23NS2/c2*1-3-5-7-9-12(11(13)14)10-8-6-4-2/h2*3-10H2,1-2H3,(H,13,14). The second-order valence-corrected chi connectivity index (χ2v) is 9.59. The van der Waals surface area contributed by atoms with Gasteiger partial charge in [-0.3, -0.25) is 0 Å². The highest BCUT2D eigenvalue weighted by atomic mass is 32.1. The van der Waals surface area contributed by atoms with E-state index in [-0.39, 0.29) is 0 Å². The van der Waals surface area contributed by atoms with Gasteiger partial charge in [-0.15, -0.1) is 25.3 Å². The zero-order chi connectivity index (χ0) is 21.6. The first kappa shape index (κ1) is 30.7. The van der Waals surface area contributed by atoms with Gasteiger partial charge in [-0.1, -0.05) is 103 Å². The minimum absolute atomic E-state index is 0.761. The lowest BCUT2D eigenvalue weighted by Crippen LogP contribution is -2.28. The number of hydrogen-bond acceptors (Lipinski definition) is 2. The second kappa shape index (κ2) is 23.8.